The molecule has 1 aliphatic carbocycles. The largest absolute Gasteiger partial charge is 0.165 e. The third-order valence-electron chi connectivity index (χ3n) is 2.70. The summed E-state index contributed by atoms with van der Waals surface area (Å²) in [5.74, 6) is 2.23. The van der Waals surface area contributed by atoms with Crippen LogP contribution in [-0.4, -0.2) is 17.4 Å². The van der Waals surface area contributed by atoms with Gasteiger partial charge in [0, 0.05) is 5.38 Å². The Morgan fingerprint density at radius 3 is 2.83 bits per heavy atom. The van der Waals surface area contributed by atoms with Gasteiger partial charge in [-0.3, -0.25) is 0 Å². The molecule has 1 rings (SSSR count). The Kier molecular flexibility index (Phi) is 5.49. The van der Waals surface area contributed by atoms with Gasteiger partial charge in [-0.15, -0.1) is 11.6 Å². The lowest BCUT2D eigenvalue weighted by Gasteiger charge is -2.14. The highest BCUT2D eigenvalue weighted by atomic mass is 35.5. The lowest BCUT2D eigenvalue weighted by Crippen LogP contribution is -2.06. The summed E-state index contributed by atoms with van der Waals surface area (Å²) in [6.45, 7) is 0. The summed E-state index contributed by atoms with van der Waals surface area (Å²) in [6, 6.07) is 0. The molecule has 0 nitrogen and oxygen atoms in total. The van der Waals surface area contributed by atoms with E-state index in [1.54, 1.807) is 0 Å². The molecule has 0 aromatic carbocycles. The average molecular weight is 207 g/mol. The van der Waals surface area contributed by atoms with Gasteiger partial charge in [0.05, 0.1) is 0 Å². The van der Waals surface area contributed by atoms with Crippen molar-refractivity contribution in [2.75, 3.05) is 12.0 Å². The molecular weight excluding hydrogens is 188 g/mol. The van der Waals surface area contributed by atoms with Gasteiger partial charge in [-0.25, -0.2) is 0 Å². The van der Waals surface area contributed by atoms with Gasteiger partial charge >= 0.3 is 0 Å². The summed E-state index contributed by atoms with van der Waals surface area (Å²) in [5.41, 5.74) is 0. The van der Waals surface area contributed by atoms with Gasteiger partial charge in [0.1, 0.15) is 0 Å². The van der Waals surface area contributed by atoms with Crippen molar-refractivity contribution in [3.8, 4) is 0 Å². The summed E-state index contributed by atoms with van der Waals surface area (Å²) < 4.78 is 0. The molecule has 0 radical (unpaired) electrons. The first kappa shape index (κ1) is 10.7. The molecular formula is C10H19ClS. The van der Waals surface area contributed by atoms with E-state index < -0.39 is 0 Å². The summed E-state index contributed by atoms with van der Waals surface area (Å²) in [7, 11) is 0. The Morgan fingerprint density at radius 1 is 1.33 bits per heavy atom. The average Bonchev–Trinajstić information content (AvgIpc) is 2.26. The van der Waals surface area contributed by atoms with Crippen LogP contribution in [0, 0.1) is 5.92 Å². The fourth-order valence-electron chi connectivity index (χ4n) is 1.94. The van der Waals surface area contributed by atoms with Crippen LogP contribution in [0.1, 0.15) is 38.5 Å². The maximum Gasteiger partial charge on any atom is 0.0338 e. The molecule has 2 unspecified atom stereocenters. The van der Waals surface area contributed by atoms with E-state index >= 15 is 0 Å². The van der Waals surface area contributed by atoms with Gasteiger partial charge in [0.15, 0.2) is 0 Å². The SMILES string of the molecule is CSCCC1CCCCC(Cl)C1. The van der Waals surface area contributed by atoms with E-state index in [0.29, 0.717) is 5.38 Å². The van der Waals surface area contributed by atoms with E-state index in [9.17, 15) is 0 Å². The van der Waals surface area contributed by atoms with E-state index in [1.807, 2.05) is 11.8 Å². The van der Waals surface area contributed by atoms with Crippen molar-refractivity contribution in [3.63, 3.8) is 0 Å². The number of hydrogen-bond acceptors (Lipinski definition) is 1. The number of thioether (sulfide) groups is 1. The Morgan fingerprint density at radius 2 is 2.08 bits per heavy atom. The quantitative estimate of drug-likeness (QED) is 0.498. The van der Waals surface area contributed by atoms with Crippen LogP contribution in [0.25, 0.3) is 0 Å². The van der Waals surface area contributed by atoms with E-state index in [2.05, 4.69) is 6.26 Å². The number of alkyl halides is 1. The van der Waals surface area contributed by atoms with Crippen LogP contribution in [0.2, 0.25) is 0 Å². The summed E-state index contributed by atoms with van der Waals surface area (Å²) in [4.78, 5) is 0. The molecule has 1 aliphatic rings. The first-order valence-corrected chi connectivity index (χ1v) is 6.79. The molecule has 72 valence electrons. The second-order valence-corrected chi connectivity index (χ2v) is 5.37. The molecule has 0 aromatic heterocycles. The van der Waals surface area contributed by atoms with Gasteiger partial charge in [0.25, 0.3) is 0 Å². The molecule has 0 N–H and O–H groups in total. The van der Waals surface area contributed by atoms with E-state index in [4.69, 9.17) is 11.6 Å². The zero-order valence-corrected chi connectivity index (χ0v) is 9.46. The first-order chi connectivity index (χ1) is 5.83. The Balaban J connectivity index is 2.21. The highest BCUT2D eigenvalue weighted by Crippen LogP contribution is 2.29. The fraction of sp³-hybridized carbons (Fsp3) is 1.00. The van der Waals surface area contributed by atoms with Crippen molar-refractivity contribution in [1.82, 2.24) is 0 Å². The van der Waals surface area contributed by atoms with Crippen LogP contribution in [0.3, 0.4) is 0 Å². The van der Waals surface area contributed by atoms with E-state index in [0.717, 1.165) is 5.92 Å². The molecule has 2 heteroatoms. The van der Waals surface area contributed by atoms with Crippen LogP contribution in [0.4, 0.5) is 0 Å². The van der Waals surface area contributed by atoms with Gasteiger partial charge in [-0.1, -0.05) is 19.3 Å². The number of halogens is 1. The molecule has 1 fully saturated rings. The molecule has 0 spiro atoms. The maximum atomic E-state index is 6.19. The Labute approximate surface area is 85.4 Å². The molecule has 0 bridgehead atoms. The maximum absolute atomic E-state index is 6.19. The van der Waals surface area contributed by atoms with Crippen molar-refractivity contribution in [3.05, 3.63) is 0 Å². The normalized spacial score (nSPS) is 31.5. The molecule has 0 saturated heterocycles. The summed E-state index contributed by atoms with van der Waals surface area (Å²) in [5, 5.41) is 0.472. The zero-order valence-electron chi connectivity index (χ0n) is 7.89. The monoisotopic (exact) mass is 206 g/mol. The molecule has 0 amide bonds. The second kappa shape index (κ2) is 6.15. The second-order valence-electron chi connectivity index (χ2n) is 3.76. The van der Waals surface area contributed by atoms with Crippen molar-refractivity contribution in [2.24, 2.45) is 5.92 Å². The Hall–Kier alpha value is 0.640. The Bertz CT molecular complexity index is 116. The highest BCUT2D eigenvalue weighted by molar-refractivity contribution is 7.98. The van der Waals surface area contributed by atoms with Crippen LogP contribution < -0.4 is 0 Å². The smallest absolute Gasteiger partial charge is 0.0338 e. The molecule has 0 aliphatic heterocycles. The van der Waals surface area contributed by atoms with Crippen molar-refractivity contribution in [2.45, 2.75) is 43.9 Å². The van der Waals surface area contributed by atoms with Crippen LogP contribution in [-0.2, 0) is 0 Å². The first-order valence-electron chi connectivity index (χ1n) is 4.96. The van der Waals surface area contributed by atoms with Crippen LogP contribution >= 0.6 is 23.4 Å². The highest BCUT2D eigenvalue weighted by Gasteiger charge is 2.17. The predicted octanol–water partition coefficient (Wildman–Crippen LogP) is 3.93. The molecule has 12 heavy (non-hydrogen) atoms. The lowest BCUT2D eigenvalue weighted by molar-refractivity contribution is 0.452. The summed E-state index contributed by atoms with van der Waals surface area (Å²) >= 11 is 8.15. The summed E-state index contributed by atoms with van der Waals surface area (Å²) in [6.07, 6.45) is 10.3. The number of hydrogen-bond donors (Lipinski definition) is 0. The van der Waals surface area contributed by atoms with E-state index in [1.165, 1.54) is 44.3 Å². The minimum Gasteiger partial charge on any atom is -0.165 e. The van der Waals surface area contributed by atoms with Gasteiger partial charge in [0.2, 0.25) is 0 Å². The van der Waals surface area contributed by atoms with Crippen molar-refractivity contribution < 1.29 is 0 Å². The topological polar surface area (TPSA) is 0 Å². The minimum atomic E-state index is 0.472. The van der Waals surface area contributed by atoms with Gasteiger partial charge < -0.3 is 0 Å². The van der Waals surface area contributed by atoms with Crippen LogP contribution in [0.15, 0.2) is 0 Å². The molecule has 0 aromatic rings. The fourth-order valence-corrected chi connectivity index (χ4v) is 2.92. The number of rotatable bonds is 3. The lowest BCUT2D eigenvalue weighted by atomic mass is 9.98. The zero-order chi connectivity index (χ0) is 8.81. The third-order valence-corrected chi connectivity index (χ3v) is 3.74. The third kappa shape index (κ3) is 4.04. The molecule has 2 atom stereocenters. The van der Waals surface area contributed by atoms with Crippen molar-refractivity contribution in [1.29, 1.82) is 0 Å². The van der Waals surface area contributed by atoms with Crippen molar-refractivity contribution >= 4 is 23.4 Å². The van der Waals surface area contributed by atoms with Gasteiger partial charge in [-0.2, -0.15) is 11.8 Å². The van der Waals surface area contributed by atoms with E-state index in [-0.39, 0.29) is 0 Å². The van der Waals surface area contributed by atoms with Gasteiger partial charge in [-0.05, 0) is 37.2 Å². The predicted molar refractivity (Wildman–Crippen MR) is 59.2 cm³/mol. The molecule has 0 heterocycles. The standard InChI is InChI=1S/C10H19ClS/c1-12-7-6-9-4-2-3-5-10(11)8-9/h9-10H,2-8H2,1H3. The minimum absolute atomic E-state index is 0.472. The molecule has 1 saturated carbocycles. The van der Waals surface area contributed by atoms with Crippen LogP contribution in [0.5, 0.6) is 0 Å².